The molecule has 13 heteroatoms. The number of pyridine rings is 1. The van der Waals surface area contributed by atoms with E-state index in [1.54, 1.807) is 17.2 Å². The molecule has 2 aliphatic heterocycles. The predicted octanol–water partition coefficient (Wildman–Crippen LogP) is 3.32. The highest BCUT2D eigenvalue weighted by atomic mass is 19.1. The third-order valence-corrected chi connectivity index (χ3v) is 6.85. The lowest BCUT2D eigenvalue weighted by atomic mass is 10.2. The van der Waals surface area contributed by atoms with Crippen molar-refractivity contribution >= 4 is 17.8 Å². The number of phenolic OH excluding ortho intramolecular Hbond substituents is 1. The van der Waals surface area contributed by atoms with E-state index in [-0.39, 0.29) is 61.9 Å². The number of nitrogens with one attached hydrogen (secondary N) is 1. The maximum Gasteiger partial charge on any atom is 0.334 e. The Hall–Kier alpha value is -4.91. The van der Waals surface area contributed by atoms with Crippen molar-refractivity contribution < 1.29 is 32.7 Å². The molecule has 0 saturated carbocycles. The van der Waals surface area contributed by atoms with Gasteiger partial charge in [0, 0.05) is 30.8 Å². The number of hydrogen-bond donors (Lipinski definition) is 2. The number of halogens is 3. The number of amides is 4. The largest absolute Gasteiger partial charge is 0.508 e. The maximum absolute atomic E-state index is 13.5. The molecular formula is C30H31F3N6O4. The van der Waals surface area contributed by atoms with Gasteiger partial charge in [-0.3, -0.25) is 9.59 Å². The molecule has 0 aliphatic carbocycles. The number of hydrogen-bond acceptors (Lipinski definition) is 6. The normalized spacial score (nSPS) is 16.7. The Balaban J connectivity index is 0.000000359. The van der Waals surface area contributed by atoms with Crippen LogP contribution in [-0.4, -0.2) is 80.1 Å². The van der Waals surface area contributed by atoms with Gasteiger partial charge in [0.2, 0.25) is 17.8 Å². The third-order valence-electron chi connectivity index (χ3n) is 6.85. The van der Waals surface area contributed by atoms with Crippen LogP contribution < -0.4 is 5.32 Å². The molecule has 0 bridgehead atoms. The molecule has 226 valence electrons. The van der Waals surface area contributed by atoms with E-state index in [0.29, 0.717) is 12.2 Å². The molecule has 0 spiro atoms. The summed E-state index contributed by atoms with van der Waals surface area (Å²) in [6.45, 7) is 5.59. The van der Waals surface area contributed by atoms with Crippen molar-refractivity contribution in [3.63, 3.8) is 0 Å². The van der Waals surface area contributed by atoms with E-state index in [2.05, 4.69) is 16.9 Å². The lowest BCUT2D eigenvalue weighted by Gasteiger charge is -2.52. The maximum atomic E-state index is 13.5. The van der Waals surface area contributed by atoms with Crippen molar-refractivity contribution in [1.29, 1.82) is 0 Å². The summed E-state index contributed by atoms with van der Waals surface area (Å²) >= 11 is 0. The summed E-state index contributed by atoms with van der Waals surface area (Å²) < 4.78 is 38.4. The highest BCUT2D eigenvalue weighted by Crippen LogP contribution is 2.24. The summed E-state index contributed by atoms with van der Waals surface area (Å²) in [6.07, 6.45) is 0.913. The zero-order chi connectivity index (χ0) is 31.1. The second-order valence-corrected chi connectivity index (χ2v) is 9.89. The number of carbonyl (C=O) groups is 3. The number of carbonyl (C=O) groups excluding carboxylic acids is 3. The Morgan fingerprint density at radius 2 is 1.74 bits per heavy atom. The highest BCUT2D eigenvalue weighted by molar-refractivity contribution is 5.89. The van der Waals surface area contributed by atoms with Gasteiger partial charge >= 0.3 is 6.03 Å². The van der Waals surface area contributed by atoms with Gasteiger partial charge in [0.1, 0.15) is 30.1 Å². The number of aromatic hydroxyl groups is 1. The Morgan fingerprint density at radius 3 is 2.40 bits per heavy atom. The topological polar surface area (TPSA) is 109 Å². The van der Waals surface area contributed by atoms with Crippen LogP contribution in [0.1, 0.15) is 16.8 Å². The van der Waals surface area contributed by atoms with Gasteiger partial charge in [0.25, 0.3) is 0 Å². The number of fused-ring (bicyclic) bond motifs is 1. The van der Waals surface area contributed by atoms with Crippen LogP contribution in [0.3, 0.4) is 0 Å². The highest BCUT2D eigenvalue weighted by Gasteiger charge is 2.46. The first kappa shape index (κ1) is 31.0. The molecule has 2 saturated heterocycles. The van der Waals surface area contributed by atoms with Gasteiger partial charge in [0.15, 0.2) is 0 Å². The van der Waals surface area contributed by atoms with E-state index in [4.69, 9.17) is 5.11 Å². The molecule has 3 aromatic rings. The molecule has 5 rings (SSSR count). The average molecular weight is 597 g/mol. The fourth-order valence-electron chi connectivity index (χ4n) is 4.66. The second kappa shape index (κ2) is 13.8. The second-order valence-electron chi connectivity index (χ2n) is 9.89. The van der Waals surface area contributed by atoms with Crippen LogP contribution in [0.4, 0.5) is 18.0 Å². The monoisotopic (exact) mass is 596 g/mol. The molecule has 1 aromatic heterocycles. The summed E-state index contributed by atoms with van der Waals surface area (Å²) in [5, 5.41) is 14.6. The number of benzene rings is 2. The minimum absolute atomic E-state index is 0.0417. The van der Waals surface area contributed by atoms with E-state index in [1.807, 2.05) is 30.3 Å². The number of piperazine rings is 1. The fraction of sp³-hybridized carbons (Fsp3) is 0.267. The number of rotatable bonds is 6. The van der Waals surface area contributed by atoms with E-state index in [1.165, 1.54) is 33.9 Å². The SMILES string of the molecule is C=CCN1CC(=O)N2CC(=O)N(Cc3cccc(F)n3)CC2N1C(=O)NCc1ccccc1.Cc1c(F)cc(O)cc1F. The summed E-state index contributed by atoms with van der Waals surface area (Å²) in [5.41, 5.74) is 1.25. The van der Waals surface area contributed by atoms with Crippen molar-refractivity contribution in [1.82, 2.24) is 30.1 Å². The van der Waals surface area contributed by atoms with Gasteiger partial charge in [-0.1, -0.05) is 42.5 Å². The minimum Gasteiger partial charge on any atom is -0.508 e. The molecule has 2 aliphatic rings. The van der Waals surface area contributed by atoms with Crippen molar-refractivity contribution in [2.45, 2.75) is 26.2 Å². The van der Waals surface area contributed by atoms with Crippen molar-refractivity contribution in [3.05, 3.63) is 108 Å². The van der Waals surface area contributed by atoms with E-state index >= 15 is 0 Å². The average Bonchev–Trinajstić information content (AvgIpc) is 2.97. The quantitative estimate of drug-likeness (QED) is 0.334. The molecule has 4 amide bonds. The summed E-state index contributed by atoms with van der Waals surface area (Å²) in [4.78, 5) is 45.5. The summed E-state index contributed by atoms with van der Waals surface area (Å²) in [7, 11) is 0. The Morgan fingerprint density at radius 1 is 1.05 bits per heavy atom. The minimum atomic E-state index is -0.725. The first-order chi connectivity index (χ1) is 20.6. The van der Waals surface area contributed by atoms with Gasteiger partial charge in [0.05, 0.1) is 25.3 Å². The first-order valence-electron chi connectivity index (χ1n) is 13.4. The van der Waals surface area contributed by atoms with Gasteiger partial charge < -0.3 is 20.2 Å². The van der Waals surface area contributed by atoms with Crippen molar-refractivity contribution in [3.8, 4) is 5.75 Å². The van der Waals surface area contributed by atoms with E-state index < -0.39 is 23.7 Å². The van der Waals surface area contributed by atoms with Gasteiger partial charge in [-0.2, -0.15) is 4.39 Å². The zero-order valence-corrected chi connectivity index (χ0v) is 23.4. The lowest BCUT2D eigenvalue weighted by Crippen LogP contribution is -2.73. The third kappa shape index (κ3) is 7.68. The van der Waals surface area contributed by atoms with Crippen LogP contribution in [0, 0.1) is 24.5 Å². The molecule has 1 unspecified atom stereocenters. The number of phenols is 1. The Labute approximate surface area is 246 Å². The lowest BCUT2D eigenvalue weighted by molar-refractivity contribution is -0.180. The number of aromatic nitrogens is 1. The molecule has 2 N–H and O–H groups in total. The number of hydrazine groups is 1. The molecule has 2 fully saturated rings. The van der Waals surface area contributed by atoms with Crippen LogP contribution in [0.25, 0.3) is 0 Å². The molecule has 10 nitrogen and oxygen atoms in total. The van der Waals surface area contributed by atoms with Crippen LogP contribution in [-0.2, 0) is 22.7 Å². The van der Waals surface area contributed by atoms with Crippen LogP contribution >= 0.6 is 0 Å². The van der Waals surface area contributed by atoms with E-state index in [0.717, 1.165) is 17.7 Å². The van der Waals surface area contributed by atoms with Crippen LogP contribution in [0.2, 0.25) is 0 Å². The fourth-order valence-corrected chi connectivity index (χ4v) is 4.66. The smallest absolute Gasteiger partial charge is 0.334 e. The summed E-state index contributed by atoms with van der Waals surface area (Å²) in [6, 6.07) is 15.2. The van der Waals surface area contributed by atoms with Crippen LogP contribution in [0.5, 0.6) is 5.75 Å². The molecular weight excluding hydrogens is 565 g/mol. The first-order valence-corrected chi connectivity index (χ1v) is 13.4. The Kier molecular flexibility index (Phi) is 9.99. The van der Waals surface area contributed by atoms with Gasteiger partial charge in [-0.05, 0) is 24.6 Å². The van der Waals surface area contributed by atoms with Gasteiger partial charge in [-0.15, -0.1) is 6.58 Å². The van der Waals surface area contributed by atoms with E-state index in [9.17, 15) is 27.6 Å². The molecule has 0 radical (unpaired) electrons. The molecule has 1 atom stereocenters. The standard InChI is InChI=1S/C23H25FN6O3.C7H6F2O/c1-2-11-28-15-22(32)29-16-21(31)27(13-18-9-6-10-19(24)26-18)14-20(29)30(28)23(33)25-12-17-7-4-3-5-8-17;1-4-6(8)2-5(10)3-7(4)9/h2-10,20H,1,11-16H2,(H,25,33);2-3,10H,1H3. The number of nitrogens with zero attached hydrogens (tertiary/aromatic N) is 5. The van der Waals surface area contributed by atoms with Crippen molar-refractivity contribution in [2.75, 3.05) is 26.2 Å². The number of urea groups is 1. The van der Waals surface area contributed by atoms with Gasteiger partial charge in [-0.25, -0.2) is 28.6 Å². The van der Waals surface area contributed by atoms with Crippen molar-refractivity contribution in [2.24, 2.45) is 0 Å². The predicted molar refractivity (Wildman–Crippen MR) is 150 cm³/mol. The van der Waals surface area contributed by atoms with Crippen LogP contribution in [0.15, 0.2) is 73.3 Å². The molecule has 3 heterocycles. The zero-order valence-electron chi connectivity index (χ0n) is 23.4. The molecule has 43 heavy (non-hydrogen) atoms. The summed E-state index contributed by atoms with van der Waals surface area (Å²) in [5.74, 6) is -3.00. The Bertz CT molecular complexity index is 1470. The molecule has 2 aromatic carbocycles.